The quantitative estimate of drug-likeness (QED) is 0.621. The number of hydrogen-bond donors (Lipinski definition) is 3. The lowest BCUT2D eigenvalue weighted by atomic mass is 10.2. The molecule has 1 heterocycles. The van der Waals surface area contributed by atoms with E-state index in [4.69, 9.17) is 9.84 Å². The zero-order valence-electron chi connectivity index (χ0n) is 11.8. The van der Waals surface area contributed by atoms with Gasteiger partial charge in [-0.15, -0.1) is 0 Å². The van der Waals surface area contributed by atoms with Crippen molar-refractivity contribution in [3.05, 3.63) is 0 Å². The van der Waals surface area contributed by atoms with E-state index in [0.29, 0.717) is 18.3 Å². The number of aliphatic hydroxyl groups excluding tert-OH is 1. The molecule has 0 amide bonds. The maximum Gasteiger partial charge on any atom is 0.322 e. The number of hydrogen-bond acceptors (Lipinski definition) is 7. The van der Waals surface area contributed by atoms with Crippen LogP contribution in [0, 0.1) is 0 Å². The fraction of sp³-hybridized carbons (Fsp3) is 0.750. The summed E-state index contributed by atoms with van der Waals surface area (Å²) in [7, 11) is 1.52. The number of ether oxygens (including phenoxy) is 1. The molecule has 0 aliphatic carbocycles. The van der Waals surface area contributed by atoms with Gasteiger partial charge in [0.05, 0.1) is 7.11 Å². The second-order valence-electron chi connectivity index (χ2n) is 4.16. The summed E-state index contributed by atoms with van der Waals surface area (Å²) < 4.78 is 5.06. The molecule has 1 unspecified atom stereocenters. The lowest BCUT2D eigenvalue weighted by molar-refractivity contribution is 0.278. The third kappa shape index (κ3) is 5.25. The van der Waals surface area contributed by atoms with Crippen molar-refractivity contribution in [2.75, 3.05) is 30.9 Å². The first-order valence-electron chi connectivity index (χ1n) is 6.64. The molecule has 0 radical (unpaired) electrons. The Kier molecular flexibility index (Phi) is 6.88. The Bertz CT molecular complexity index is 375. The van der Waals surface area contributed by atoms with Gasteiger partial charge in [-0.3, -0.25) is 0 Å². The molecule has 7 nitrogen and oxygen atoms in total. The first-order valence-corrected chi connectivity index (χ1v) is 6.64. The summed E-state index contributed by atoms with van der Waals surface area (Å²) in [5, 5.41) is 15.3. The summed E-state index contributed by atoms with van der Waals surface area (Å²) >= 11 is 0. The van der Waals surface area contributed by atoms with Crippen molar-refractivity contribution in [2.45, 2.75) is 39.2 Å². The van der Waals surface area contributed by atoms with E-state index in [2.05, 4.69) is 32.5 Å². The summed E-state index contributed by atoms with van der Waals surface area (Å²) in [6.07, 6.45) is 2.52. The normalized spacial score (nSPS) is 12.0. The van der Waals surface area contributed by atoms with Gasteiger partial charge in [-0.1, -0.05) is 13.8 Å². The van der Waals surface area contributed by atoms with Gasteiger partial charge in [-0.05, 0) is 19.3 Å². The van der Waals surface area contributed by atoms with Gasteiger partial charge < -0.3 is 20.5 Å². The van der Waals surface area contributed by atoms with Crippen LogP contribution in [0.3, 0.4) is 0 Å². The lowest BCUT2D eigenvalue weighted by Crippen LogP contribution is -2.22. The van der Waals surface area contributed by atoms with Gasteiger partial charge in [0.1, 0.15) is 0 Å². The third-order valence-electron chi connectivity index (χ3n) is 2.63. The maximum atomic E-state index is 8.99. The Hall–Kier alpha value is -1.63. The molecule has 0 spiro atoms. The van der Waals surface area contributed by atoms with Crippen molar-refractivity contribution in [1.29, 1.82) is 0 Å². The third-order valence-corrected chi connectivity index (χ3v) is 2.63. The van der Waals surface area contributed by atoms with Gasteiger partial charge in [-0.2, -0.15) is 15.0 Å². The number of anilines is 2. The molecular weight excluding hydrogens is 246 g/mol. The molecule has 0 saturated carbocycles. The number of methoxy groups -OCH3 is 1. The van der Waals surface area contributed by atoms with Gasteiger partial charge in [-0.25, -0.2) is 0 Å². The lowest BCUT2D eigenvalue weighted by Gasteiger charge is -2.16. The van der Waals surface area contributed by atoms with Crippen LogP contribution in [-0.4, -0.2) is 46.4 Å². The summed E-state index contributed by atoms with van der Waals surface area (Å²) in [5.74, 6) is 0.959. The molecule has 19 heavy (non-hydrogen) atoms. The monoisotopic (exact) mass is 269 g/mol. The zero-order valence-corrected chi connectivity index (χ0v) is 11.8. The molecule has 1 atom stereocenters. The smallest absolute Gasteiger partial charge is 0.322 e. The van der Waals surface area contributed by atoms with Gasteiger partial charge in [0.2, 0.25) is 11.9 Å². The van der Waals surface area contributed by atoms with Gasteiger partial charge >= 0.3 is 6.01 Å². The molecule has 1 aromatic heterocycles. The van der Waals surface area contributed by atoms with E-state index < -0.39 is 0 Å². The molecule has 3 N–H and O–H groups in total. The summed E-state index contributed by atoms with van der Waals surface area (Å²) in [6, 6.07) is 0.408. The highest BCUT2D eigenvalue weighted by Gasteiger charge is 2.10. The van der Waals surface area contributed by atoms with Crippen molar-refractivity contribution < 1.29 is 9.84 Å². The fourth-order valence-corrected chi connectivity index (χ4v) is 1.54. The van der Waals surface area contributed by atoms with Gasteiger partial charge in [0.25, 0.3) is 0 Å². The number of nitrogens with one attached hydrogen (secondary N) is 2. The molecule has 0 aromatic carbocycles. The highest BCUT2D eigenvalue weighted by molar-refractivity contribution is 5.36. The highest BCUT2D eigenvalue weighted by Crippen LogP contribution is 2.13. The summed E-state index contributed by atoms with van der Waals surface area (Å²) in [6.45, 7) is 5.04. The molecule has 0 aliphatic heterocycles. The zero-order chi connectivity index (χ0) is 14.1. The van der Waals surface area contributed by atoms with Crippen LogP contribution in [0.5, 0.6) is 6.01 Å². The molecule has 7 heteroatoms. The predicted octanol–water partition coefficient (Wildman–Crippen LogP) is 1.27. The second kappa shape index (κ2) is 8.47. The average Bonchev–Trinajstić information content (AvgIpc) is 2.44. The second-order valence-corrected chi connectivity index (χ2v) is 4.16. The van der Waals surface area contributed by atoms with Crippen LogP contribution in [-0.2, 0) is 0 Å². The molecule has 0 aliphatic rings. The van der Waals surface area contributed by atoms with Crippen molar-refractivity contribution in [2.24, 2.45) is 0 Å². The molecule has 0 saturated heterocycles. The van der Waals surface area contributed by atoms with Crippen LogP contribution in [0.1, 0.15) is 33.1 Å². The summed E-state index contributed by atoms with van der Waals surface area (Å²) in [4.78, 5) is 12.6. The molecular formula is C12H23N5O2. The van der Waals surface area contributed by atoms with E-state index in [0.717, 1.165) is 19.4 Å². The van der Waals surface area contributed by atoms with E-state index in [-0.39, 0.29) is 18.7 Å². The fourth-order valence-electron chi connectivity index (χ4n) is 1.54. The topological polar surface area (TPSA) is 92.2 Å². The van der Waals surface area contributed by atoms with E-state index >= 15 is 0 Å². The number of aromatic nitrogens is 3. The number of aliphatic hydroxyl groups is 1. The van der Waals surface area contributed by atoms with E-state index in [1.54, 1.807) is 0 Å². The minimum atomic E-state index is 0.134. The van der Waals surface area contributed by atoms with Crippen molar-refractivity contribution in [1.82, 2.24) is 15.0 Å². The molecule has 1 aromatic rings. The first kappa shape index (κ1) is 15.4. The first-order chi connectivity index (χ1) is 9.23. The minimum Gasteiger partial charge on any atom is -0.467 e. The van der Waals surface area contributed by atoms with Crippen molar-refractivity contribution >= 4 is 11.9 Å². The Balaban J connectivity index is 2.80. The molecule has 1 rings (SSSR count). The Morgan fingerprint density at radius 1 is 1.21 bits per heavy atom. The maximum absolute atomic E-state index is 8.99. The summed E-state index contributed by atoms with van der Waals surface area (Å²) in [5.41, 5.74) is 0. The van der Waals surface area contributed by atoms with Crippen LogP contribution in [0.15, 0.2) is 0 Å². The Labute approximate surface area is 113 Å². The predicted molar refractivity (Wildman–Crippen MR) is 74.6 cm³/mol. The van der Waals surface area contributed by atoms with Crippen molar-refractivity contribution in [3.8, 4) is 6.01 Å². The van der Waals surface area contributed by atoms with Gasteiger partial charge in [0, 0.05) is 19.2 Å². The standard InChI is InChI=1S/C12H23N5O2/c1-4-7-13-10-15-11(17-12(16-10)19-3)14-9(5-2)6-8-18/h9,18H,4-8H2,1-3H3,(H2,13,14,15,16,17). The average molecular weight is 269 g/mol. The molecule has 0 bridgehead atoms. The van der Waals surface area contributed by atoms with E-state index in [9.17, 15) is 0 Å². The van der Waals surface area contributed by atoms with Crippen molar-refractivity contribution in [3.63, 3.8) is 0 Å². The Morgan fingerprint density at radius 2 is 1.95 bits per heavy atom. The van der Waals surface area contributed by atoms with Crippen LogP contribution in [0.2, 0.25) is 0 Å². The van der Waals surface area contributed by atoms with Crippen LogP contribution >= 0.6 is 0 Å². The highest BCUT2D eigenvalue weighted by atomic mass is 16.5. The molecule has 0 fully saturated rings. The van der Waals surface area contributed by atoms with E-state index in [1.807, 2.05) is 6.92 Å². The Morgan fingerprint density at radius 3 is 2.53 bits per heavy atom. The van der Waals surface area contributed by atoms with Crippen LogP contribution in [0.25, 0.3) is 0 Å². The largest absolute Gasteiger partial charge is 0.467 e. The van der Waals surface area contributed by atoms with Crippen LogP contribution in [0.4, 0.5) is 11.9 Å². The SMILES string of the molecule is CCCNc1nc(NC(CC)CCO)nc(OC)n1. The molecule has 108 valence electrons. The minimum absolute atomic E-state index is 0.134. The van der Waals surface area contributed by atoms with Gasteiger partial charge in [0.15, 0.2) is 0 Å². The van der Waals surface area contributed by atoms with Crippen LogP contribution < -0.4 is 15.4 Å². The number of nitrogens with zero attached hydrogens (tertiary/aromatic N) is 3. The number of rotatable bonds is 9. The van der Waals surface area contributed by atoms with E-state index in [1.165, 1.54) is 7.11 Å².